The van der Waals surface area contributed by atoms with E-state index in [0.29, 0.717) is 37.8 Å². The van der Waals surface area contributed by atoms with Crippen LogP contribution in [0.25, 0.3) is 0 Å². The second-order valence-corrected chi connectivity index (χ2v) is 7.25. The molecule has 0 unspecified atom stereocenters. The smallest absolute Gasteiger partial charge is 0.228 e. The highest BCUT2D eigenvalue weighted by Gasteiger charge is 2.23. The summed E-state index contributed by atoms with van der Waals surface area (Å²) < 4.78 is 5.65. The molecule has 0 N–H and O–H groups in total. The maximum absolute atomic E-state index is 12.6. The minimum atomic E-state index is 0.0960. The summed E-state index contributed by atoms with van der Waals surface area (Å²) in [5.74, 6) is 1.52. The molecule has 1 saturated heterocycles. The lowest BCUT2D eigenvalue weighted by molar-refractivity contribution is -0.130. The number of hydrogen-bond donors (Lipinski definition) is 0. The molecule has 144 valence electrons. The molecule has 28 heavy (non-hydrogen) atoms. The second-order valence-electron chi connectivity index (χ2n) is 6.30. The Morgan fingerprint density at radius 2 is 1.93 bits per heavy atom. The maximum atomic E-state index is 12.6. The molecular weight excluding hydrogens is 376 g/mol. The van der Waals surface area contributed by atoms with E-state index in [0.717, 1.165) is 23.8 Å². The zero-order valence-corrected chi connectivity index (χ0v) is 16.1. The molecule has 8 nitrogen and oxygen atoms in total. The lowest BCUT2D eigenvalue weighted by Crippen LogP contribution is -2.49. The van der Waals surface area contributed by atoms with Gasteiger partial charge in [0.25, 0.3) is 0 Å². The van der Waals surface area contributed by atoms with Gasteiger partial charge in [-0.3, -0.25) is 9.78 Å². The zero-order chi connectivity index (χ0) is 19.2. The van der Waals surface area contributed by atoms with Crippen LogP contribution in [0.5, 0.6) is 5.75 Å². The molecule has 0 aromatic carbocycles. The van der Waals surface area contributed by atoms with Gasteiger partial charge in [0.1, 0.15) is 17.4 Å². The molecule has 1 fully saturated rings. The molecule has 0 spiro atoms. The van der Waals surface area contributed by atoms with Crippen molar-refractivity contribution in [3.8, 4) is 5.75 Å². The predicted octanol–water partition coefficient (Wildman–Crippen LogP) is 1.80. The number of ether oxygens (including phenoxy) is 1. The van der Waals surface area contributed by atoms with E-state index in [4.69, 9.17) is 4.74 Å². The Morgan fingerprint density at radius 3 is 2.68 bits per heavy atom. The average Bonchev–Trinajstić information content (AvgIpc) is 3.21. The number of hydrogen-bond acceptors (Lipinski definition) is 8. The minimum Gasteiger partial charge on any atom is -0.485 e. The van der Waals surface area contributed by atoms with Gasteiger partial charge in [-0.2, -0.15) is 0 Å². The number of thiazole rings is 1. The summed E-state index contributed by atoms with van der Waals surface area (Å²) in [6, 6.07) is 5.48. The Morgan fingerprint density at radius 1 is 1.11 bits per heavy atom. The van der Waals surface area contributed by atoms with E-state index in [2.05, 4.69) is 24.8 Å². The number of carbonyl (C=O) groups is 1. The largest absolute Gasteiger partial charge is 0.485 e. The molecule has 0 bridgehead atoms. The van der Waals surface area contributed by atoms with Crippen molar-refractivity contribution < 1.29 is 9.53 Å². The lowest BCUT2D eigenvalue weighted by Gasteiger charge is -2.34. The molecule has 3 aromatic rings. The fourth-order valence-electron chi connectivity index (χ4n) is 2.95. The van der Waals surface area contributed by atoms with Crippen molar-refractivity contribution in [2.24, 2.45) is 0 Å². The molecule has 3 aromatic heterocycles. The van der Waals surface area contributed by atoms with Gasteiger partial charge < -0.3 is 14.5 Å². The van der Waals surface area contributed by atoms with E-state index in [9.17, 15) is 4.79 Å². The summed E-state index contributed by atoms with van der Waals surface area (Å²) in [6.45, 7) is 3.17. The van der Waals surface area contributed by atoms with Gasteiger partial charge in [0.2, 0.25) is 11.9 Å². The van der Waals surface area contributed by atoms with Crippen molar-refractivity contribution in [1.82, 2.24) is 24.8 Å². The summed E-state index contributed by atoms with van der Waals surface area (Å²) in [4.78, 5) is 33.6. The second kappa shape index (κ2) is 8.75. The molecule has 0 radical (unpaired) electrons. The third-order valence-electron chi connectivity index (χ3n) is 4.40. The summed E-state index contributed by atoms with van der Waals surface area (Å²) in [5.41, 5.74) is 0.786. The number of carbonyl (C=O) groups excluding carboxylic acids is 1. The molecule has 9 heteroatoms. The fraction of sp³-hybridized carbons (Fsp3) is 0.316. The summed E-state index contributed by atoms with van der Waals surface area (Å²) in [5, 5.41) is 2.77. The molecule has 0 saturated carbocycles. The van der Waals surface area contributed by atoms with Gasteiger partial charge in [0.05, 0.1) is 18.3 Å². The average molecular weight is 396 g/mol. The molecule has 1 amide bonds. The van der Waals surface area contributed by atoms with Gasteiger partial charge in [-0.05, 0) is 18.2 Å². The first kappa shape index (κ1) is 18.3. The van der Waals surface area contributed by atoms with Crippen molar-refractivity contribution in [3.63, 3.8) is 0 Å². The number of piperazine rings is 1. The SMILES string of the molecule is O=C(Cc1csc(COc2cccnc2)n1)N1CCN(c2ncccn2)CC1. The lowest BCUT2D eigenvalue weighted by atomic mass is 10.2. The standard InChI is InChI=1S/C19H20N6O2S/c26-18(24-7-9-25(10-8-24)19-21-5-2-6-22-19)11-15-14-28-17(23-15)13-27-16-3-1-4-20-12-16/h1-6,12,14H,7-11,13H2. The Labute approximate surface area is 166 Å². The van der Waals surface area contributed by atoms with Crippen LogP contribution in [0.1, 0.15) is 10.7 Å². The number of anilines is 1. The molecule has 4 rings (SSSR count). The van der Waals surface area contributed by atoms with Gasteiger partial charge >= 0.3 is 0 Å². The summed E-state index contributed by atoms with van der Waals surface area (Å²) in [7, 11) is 0. The first-order valence-electron chi connectivity index (χ1n) is 9.04. The Kier molecular flexibility index (Phi) is 5.72. The Balaban J connectivity index is 1.26. The van der Waals surface area contributed by atoms with Crippen LogP contribution in [-0.4, -0.2) is 56.9 Å². The van der Waals surface area contributed by atoms with Gasteiger partial charge in [0.15, 0.2) is 0 Å². The van der Waals surface area contributed by atoms with Crippen LogP contribution in [0.3, 0.4) is 0 Å². The Hall–Kier alpha value is -3.07. The van der Waals surface area contributed by atoms with Crippen LogP contribution < -0.4 is 9.64 Å². The Bertz CT molecular complexity index is 897. The van der Waals surface area contributed by atoms with E-state index < -0.39 is 0 Å². The van der Waals surface area contributed by atoms with Crippen LogP contribution in [0.15, 0.2) is 48.4 Å². The van der Waals surface area contributed by atoms with Crippen molar-refractivity contribution in [3.05, 3.63) is 59.1 Å². The van der Waals surface area contributed by atoms with E-state index in [1.54, 1.807) is 30.9 Å². The molecular formula is C19H20N6O2S. The highest BCUT2D eigenvalue weighted by molar-refractivity contribution is 7.09. The van der Waals surface area contributed by atoms with Gasteiger partial charge in [-0.25, -0.2) is 15.0 Å². The van der Waals surface area contributed by atoms with Crippen molar-refractivity contribution >= 4 is 23.2 Å². The van der Waals surface area contributed by atoms with E-state index in [-0.39, 0.29) is 5.91 Å². The van der Waals surface area contributed by atoms with Crippen molar-refractivity contribution in [2.75, 3.05) is 31.1 Å². The van der Waals surface area contributed by atoms with Crippen LogP contribution in [0, 0.1) is 0 Å². The maximum Gasteiger partial charge on any atom is 0.228 e. The number of pyridine rings is 1. The first-order valence-corrected chi connectivity index (χ1v) is 9.92. The zero-order valence-electron chi connectivity index (χ0n) is 15.3. The third-order valence-corrected chi connectivity index (χ3v) is 5.27. The van der Waals surface area contributed by atoms with Gasteiger partial charge in [-0.1, -0.05) is 0 Å². The number of nitrogens with zero attached hydrogens (tertiary/aromatic N) is 6. The third kappa shape index (κ3) is 4.61. The molecule has 1 aliphatic heterocycles. The van der Waals surface area contributed by atoms with Gasteiger partial charge in [-0.15, -0.1) is 11.3 Å². The quantitative estimate of drug-likeness (QED) is 0.628. The molecule has 0 aliphatic carbocycles. The monoisotopic (exact) mass is 396 g/mol. The van der Waals surface area contributed by atoms with E-state index in [1.807, 2.05) is 22.4 Å². The fourth-order valence-corrected chi connectivity index (χ4v) is 3.66. The normalized spacial score (nSPS) is 14.1. The highest BCUT2D eigenvalue weighted by Crippen LogP contribution is 2.16. The molecule has 0 atom stereocenters. The van der Waals surface area contributed by atoms with E-state index in [1.165, 1.54) is 11.3 Å². The summed E-state index contributed by atoms with van der Waals surface area (Å²) in [6.07, 6.45) is 7.14. The van der Waals surface area contributed by atoms with Crippen molar-refractivity contribution in [1.29, 1.82) is 0 Å². The molecule has 4 heterocycles. The van der Waals surface area contributed by atoms with Crippen LogP contribution in [0.4, 0.5) is 5.95 Å². The molecule has 1 aliphatic rings. The predicted molar refractivity (Wildman–Crippen MR) is 105 cm³/mol. The highest BCUT2D eigenvalue weighted by atomic mass is 32.1. The van der Waals surface area contributed by atoms with Crippen LogP contribution >= 0.6 is 11.3 Å². The minimum absolute atomic E-state index is 0.0960. The van der Waals surface area contributed by atoms with Crippen LogP contribution in [0.2, 0.25) is 0 Å². The number of aromatic nitrogens is 4. The van der Waals surface area contributed by atoms with Gasteiger partial charge in [0, 0.05) is 50.1 Å². The first-order chi connectivity index (χ1) is 13.8. The van der Waals surface area contributed by atoms with E-state index >= 15 is 0 Å². The summed E-state index contributed by atoms with van der Waals surface area (Å²) >= 11 is 1.50. The van der Waals surface area contributed by atoms with Crippen molar-refractivity contribution in [2.45, 2.75) is 13.0 Å². The number of rotatable bonds is 6. The van der Waals surface area contributed by atoms with Crippen LogP contribution in [-0.2, 0) is 17.8 Å². The number of amides is 1. The topological polar surface area (TPSA) is 84.3 Å².